The Morgan fingerprint density at radius 3 is 2.59 bits per heavy atom. The molecule has 1 aliphatic rings. The van der Waals surface area contributed by atoms with Crippen LogP contribution >= 0.6 is 15.9 Å². The average Bonchev–Trinajstić information content (AvgIpc) is 2.29. The number of hydrogen-bond acceptors (Lipinski definition) is 2. The molecule has 1 N–H and O–H groups in total. The van der Waals surface area contributed by atoms with Gasteiger partial charge in [0.05, 0.1) is 5.92 Å². The van der Waals surface area contributed by atoms with Crippen molar-refractivity contribution in [3.05, 3.63) is 54.1 Å². The summed E-state index contributed by atoms with van der Waals surface area (Å²) in [6.07, 6.45) is 5.23. The maximum atomic E-state index is 11.5. The third-order valence-corrected chi connectivity index (χ3v) is 3.58. The molecule has 17 heavy (non-hydrogen) atoms. The molecule has 2 rings (SSSR count). The van der Waals surface area contributed by atoms with E-state index in [1.54, 1.807) is 12.2 Å². The molecule has 0 aliphatic heterocycles. The smallest absolute Gasteiger partial charge is 0.151 e. The van der Waals surface area contributed by atoms with Gasteiger partial charge in [0.15, 0.2) is 4.51 Å². The van der Waals surface area contributed by atoms with Gasteiger partial charge in [-0.3, -0.25) is 4.79 Å². The van der Waals surface area contributed by atoms with Crippen molar-refractivity contribution in [3.8, 4) is 0 Å². The van der Waals surface area contributed by atoms with Gasteiger partial charge in [-0.1, -0.05) is 42.5 Å². The first-order valence-corrected chi connectivity index (χ1v) is 6.18. The Hall–Kier alpha value is -1.19. The van der Waals surface area contributed by atoms with Crippen LogP contribution in [0, 0.1) is 5.92 Å². The summed E-state index contributed by atoms with van der Waals surface area (Å²) in [5, 5.41) is 10.0. The second-order valence-electron chi connectivity index (χ2n) is 4.14. The zero-order valence-electron chi connectivity index (χ0n) is 9.43. The topological polar surface area (TPSA) is 37.3 Å². The van der Waals surface area contributed by atoms with Crippen LogP contribution in [0.1, 0.15) is 12.5 Å². The highest BCUT2D eigenvalue weighted by Crippen LogP contribution is 2.35. The molecule has 0 bridgehead atoms. The van der Waals surface area contributed by atoms with E-state index in [0.717, 1.165) is 11.1 Å². The van der Waals surface area contributed by atoms with Crippen LogP contribution < -0.4 is 0 Å². The van der Waals surface area contributed by atoms with Crippen LogP contribution in [0.25, 0.3) is 5.57 Å². The molecule has 1 aliphatic carbocycles. The number of benzene rings is 1. The minimum Gasteiger partial charge on any atom is -0.374 e. The fourth-order valence-electron chi connectivity index (χ4n) is 1.89. The fraction of sp³-hybridized carbons (Fsp3) is 0.214. The summed E-state index contributed by atoms with van der Waals surface area (Å²) >= 11 is 3.16. The molecule has 0 radical (unpaired) electrons. The largest absolute Gasteiger partial charge is 0.374 e. The SMILES string of the molecule is CC(=O)C1C=C(c2ccccc2)C=CC1(O)Br. The number of alkyl halides is 1. The summed E-state index contributed by atoms with van der Waals surface area (Å²) in [5.41, 5.74) is 1.99. The monoisotopic (exact) mass is 292 g/mol. The van der Waals surface area contributed by atoms with E-state index < -0.39 is 10.4 Å². The lowest BCUT2D eigenvalue weighted by atomic mass is 9.88. The number of Topliss-reactive ketones (excluding diaryl/α,β-unsaturated/α-hetero) is 1. The van der Waals surface area contributed by atoms with Crippen LogP contribution in [-0.4, -0.2) is 15.4 Å². The van der Waals surface area contributed by atoms with E-state index in [-0.39, 0.29) is 5.78 Å². The Morgan fingerprint density at radius 2 is 2.00 bits per heavy atom. The molecule has 0 heterocycles. The van der Waals surface area contributed by atoms with Crippen LogP contribution in [0.3, 0.4) is 0 Å². The molecule has 1 aromatic carbocycles. The highest BCUT2D eigenvalue weighted by molar-refractivity contribution is 9.10. The zero-order chi connectivity index (χ0) is 12.5. The molecule has 3 heteroatoms. The van der Waals surface area contributed by atoms with Crippen molar-refractivity contribution in [2.75, 3.05) is 0 Å². The number of halogens is 1. The molecule has 88 valence electrons. The predicted octanol–water partition coefficient (Wildman–Crippen LogP) is 2.93. The Labute approximate surface area is 109 Å². The number of carbonyl (C=O) groups is 1. The van der Waals surface area contributed by atoms with Gasteiger partial charge in [0.1, 0.15) is 5.78 Å². The molecule has 0 spiro atoms. The van der Waals surface area contributed by atoms with Gasteiger partial charge < -0.3 is 5.11 Å². The number of carbonyl (C=O) groups excluding carboxylic acids is 1. The number of rotatable bonds is 2. The lowest BCUT2D eigenvalue weighted by Crippen LogP contribution is -2.34. The highest BCUT2D eigenvalue weighted by atomic mass is 79.9. The molecule has 0 fully saturated rings. The van der Waals surface area contributed by atoms with Crippen LogP contribution in [-0.2, 0) is 4.79 Å². The van der Waals surface area contributed by atoms with Crippen LogP contribution in [0.4, 0.5) is 0 Å². The summed E-state index contributed by atoms with van der Waals surface area (Å²) in [7, 11) is 0. The second kappa shape index (κ2) is 4.59. The summed E-state index contributed by atoms with van der Waals surface area (Å²) in [6, 6.07) is 9.79. The van der Waals surface area contributed by atoms with Crippen molar-refractivity contribution in [2.45, 2.75) is 11.4 Å². The van der Waals surface area contributed by atoms with E-state index in [4.69, 9.17) is 0 Å². The van der Waals surface area contributed by atoms with E-state index in [1.807, 2.05) is 36.4 Å². The lowest BCUT2D eigenvalue weighted by molar-refractivity contribution is -0.121. The molecule has 0 aromatic heterocycles. The van der Waals surface area contributed by atoms with Crippen molar-refractivity contribution >= 4 is 27.3 Å². The minimum absolute atomic E-state index is 0.0674. The maximum Gasteiger partial charge on any atom is 0.151 e. The molecule has 0 amide bonds. The summed E-state index contributed by atoms with van der Waals surface area (Å²) in [5.74, 6) is -0.620. The van der Waals surface area contributed by atoms with Gasteiger partial charge in [0.25, 0.3) is 0 Å². The molecule has 0 saturated carbocycles. The molecule has 2 atom stereocenters. The predicted molar refractivity (Wildman–Crippen MR) is 71.6 cm³/mol. The quantitative estimate of drug-likeness (QED) is 0.851. The van der Waals surface area contributed by atoms with Crippen LogP contribution in [0.5, 0.6) is 0 Å². The first kappa shape index (κ1) is 12.3. The first-order valence-electron chi connectivity index (χ1n) is 5.39. The Bertz CT molecular complexity index is 486. The molecule has 2 unspecified atom stereocenters. The molecular formula is C14H13BrO2. The highest BCUT2D eigenvalue weighted by Gasteiger charge is 2.35. The van der Waals surface area contributed by atoms with Crippen molar-refractivity contribution in [1.29, 1.82) is 0 Å². The second-order valence-corrected chi connectivity index (χ2v) is 5.41. The van der Waals surface area contributed by atoms with E-state index in [2.05, 4.69) is 15.9 Å². The number of aliphatic hydroxyl groups is 1. The summed E-state index contributed by atoms with van der Waals surface area (Å²) in [6.45, 7) is 1.48. The van der Waals surface area contributed by atoms with E-state index in [0.29, 0.717) is 0 Å². The molecule has 0 saturated heterocycles. The summed E-state index contributed by atoms with van der Waals surface area (Å²) < 4.78 is -1.27. The van der Waals surface area contributed by atoms with E-state index in [1.165, 1.54) is 6.92 Å². The van der Waals surface area contributed by atoms with E-state index in [9.17, 15) is 9.90 Å². The van der Waals surface area contributed by atoms with Gasteiger partial charge in [-0.05, 0) is 40.1 Å². The number of ketones is 1. The van der Waals surface area contributed by atoms with Gasteiger partial charge >= 0.3 is 0 Å². The van der Waals surface area contributed by atoms with Gasteiger partial charge in [-0.15, -0.1) is 0 Å². The third-order valence-electron chi connectivity index (χ3n) is 2.82. The maximum absolute atomic E-state index is 11.5. The van der Waals surface area contributed by atoms with Gasteiger partial charge in [-0.2, -0.15) is 0 Å². The van der Waals surface area contributed by atoms with Crippen LogP contribution in [0.15, 0.2) is 48.6 Å². The lowest BCUT2D eigenvalue weighted by Gasteiger charge is -2.28. The zero-order valence-corrected chi connectivity index (χ0v) is 11.0. The minimum atomic E-state index is -1.27. The fourth-order valence-corrected chi connectivity index (χ4v) is 2.47. The Morgan fingerprint density at radius 1 is 1.35 bits per heavy atom. The van der Waals surface area contributed by atoms with Gasteiger partial charge in [0, 0.05) is 0 Å². The van der Waals surface area contributed by atoms with Crippen molar-refractivity contribution in [2.24, 2.45) is 5.92 Å². The summed E-state index contributed by atoms with van der Waals surface area (Å²) in [4.78, 5) is 11.5. The van der Waals surface area contributed by atoms with Gasteiger partial charge in [-0.25, -0.2) is 0 Å². The number of hydrogen-bond donors (Lipinski definition) is 1. The Balaban J connectivity index is 2.39. The normalized spacial score (nSPS) is 27.7. The van der Waals surface area contributed by atoms with Crippen molar-refractivity contribution in [3.63, 3.8) is 0 Å². The Kier molecular flexibility index (Phi) is 3.31. The van der Waals surface area contributed by atoms with E-state index >= 15 is 0 Å². The van der Waals surface area contributed by atoms with Crippen molar-refractivity contribution in [1.82, 2.24) is 0 Å². The standard InChI is InChI=1S/C14H13BrO2/c1-10(16)13-9-12(7-8-14(13,15)17)11-5-3-2-4-6-11/h2-9,13,17H,1H3. The molecular weight excluding hydrogens is 280 g/mol. The molecule has 1 aromatic rings. The molecule has 2 nitrogen and oxygen atoms in total. The third kappa shape index (κ3) is 2.56. The van der Waals surface area contributed by atoms with Crippen LogP contribution in [0.2, 0.25) is 0 Å². The van der Waals surface area contributed by atoms with Gasteiger partial charge in [0.2, 0.25) is 0 Å². The first-order chi connectivity index (χ1) is 8.00. The number of allylic oxidation sites excluding steroid dienone is 2. The average molecular weight is 293 g/mol. The van der Waals surface area contributed by atoms with Crippen molar-refractivity contribution < 1.29 is 9.90 Å².